The molecule has 1 unspecified atom stereocenters. The van der Waals surface area contributed by atoms with E-state index in [1.54, 1.807) is 0 Å². The fraction of sp³-hybridized carbons (Fsp3) is 0.400. The van der Waals surface area contributed by atoms with Crippen LogP contribution in [0.25, 0.3) is 0 Å². The maximum absolute atomic E-state index is 13.1. The number of halogens is 3. The van der Waals surface area contributed by atoms with Gasteiger partial charge in [0.05, 0.1) is 0 Å². The van der Waals surface area contributed by atoms with Crippen LogP contribution in [0.1, 0.15) is 22.8 Å². The number of aliphatic hydroxyl groups is 1. The molecule has 0 bridgehead atoms. The van der Waals surface area contributed by atoms with Gasteiger partial charge >= 0.3 is 0 Å². The van der Waals surface area contributed by atoms with E-state index >= 15 is 0 Å². The first kappa shape index (κ1) is 11.0. The molecule has 0 saturated heterocycles. The first-order chi connectivity index (χ1) is 6.43. The first-order valence-corrected chi connectivity index (χ1v) is 4.16. The summed E-state index contributed by atoms with van der Waals surface area (Å²) in [6.45, 7) is 2.95. The van der Waals surface area contributed by atoms with Crippen LogP contribution in [0.4, 0.5) is 13.2 Å². The molecule has 1 nitrogen and oxygen atoms in total. The Hall–Kier alpha value is -1.03. The lowest BCUT2D eigenvalue weighted by atomic mass is 10.0. The zero-order valence-electron chi connectivity index (χ0n) is 7.89. The van der Waals surface area contributed by atoms with Gasteiger partial charge in [0, 0.05) is 0 Å². The molecule has 14 heavy (non-hydrogen) atoms. The van der Waals surface area contributed by atoms with E-state index in [1.807, 2.05) is 0 Å². The van der Waals surface area contributed by atoms with E-state index in [4.69, 9.17) is 5.11 Å². The third-order valence-electron chi connectivity index (χ3n) is 2.04. The second kappa shape index (κ2) is 4.00. The van der Waals surface area contributed by atoms with Crippen molar-refractivity contribution in [2.75, 3.05) is 0 Å². The van der Waals surface area contributed by atoms with E-state index in [2.05, 4.69) is 0 Å². The highest BCUT2D eigenvalue weighted by Gasteiger charge is 2.20. The van der Waals surface area contributed by atoms with Gasteiger partial charge in [0.2, 0.25) is 0 Å². The van der Waals surface area contributed by atoms with Gasteiger partial charge in [-0.3, -0.25) is 0 Å². The maximum Gasteiger partial charge on any atom is 0.268 e. The van der Waals surface area contributed by atoms with Crippen LogP contribution < -0.4 is 0 Å². The van der Waals surface area contributed by atoms with Crippen molar-refractivity contribution in [3.8, 4) is 0 Å². The SMILES string of the molecule is Cc1cc(C(O)C(F)F)cc(C)c1F. The van der Waals surface area contributed by atoms with Gasteiger partial charge in [-0.2, -0.15) is 0 Å². The van der Waals surface area contributed by atoms with E-state index in [0.717, 1.165) is 0 Å². The molecule has 0 radical (unpaired) electrons. The van der Waals surface area contributed by atoms with Gasteiger partial charge in [-0.05, 0) is 30.5 Å². The predicted octanol–water partition coefficient (Wildman–Crippen LogP) is 2.74. The lowest BCUT2D eigenvalue weighted by molar-refractivity contribution is -0.00587. The number of aryl methyl sites for hydroxylation is 2. The Morgan fingerprint density at radius 3 is 1.93 bits per heavy atom. The molecule has 1 N–H and O–H groups in total. The van der Waals surface area contributed by atoms with Gasteiger partial charge in [0.25, 0.3) is 6.43 Å². The summed E-state index contributed by atoms with van der Waals surface area (Å²) in [6, 6.07) is 2.47. The van der Waals surface area contributed by atoms with Crippen molar-refractivity contribution >= 4 is 0 Å². The molecule has 0 aliphatic rings. The lowest BCUT2D eigenvalue weighted by Gasteiger charge is -2.12. The average molecular weight is 204 g/mol. The Kier molecular flexibility index (Phi) is 3.16. The molecule has 0 fully saturated rings. The zero-order chi connectivity index (χ0) is 10.9. The highest BCUT2D eigenvalue weighted by Crippen LogP contribution is 2.24. The van der Waals surface area contributed by atoms with Crippen LogP contribution in [0, 0.1) is 19.7 Å². The summed E-state index contributed by atoms with van der Waals surface area (Å²) in [5.41, 5.74) is 0.579. The topological polar surface area (TPSA) is 20.2 Å². The second-order valence-corrected chi connectivity index (χ2v) is 3.25. The van der Waals surface area contributed by atoms with Crippen LogP contribution >= 0.6 is 0 Å². The summed E-state index contributed by atoms with van der Waals surface area (Å²) in [7, 11) is 0. The Balaban J connectivity index is 3.12. The predicted molar refractivity (Wildman–Crippen MR) is 46.8 cm³/mol. The Morgan fingerprint density at radius 2 is 1.57 bits per heavy atom. The normalized spacial score (nSPS) is 13.4. The van der Waals surface area contributed by atoms with Crippen molar-refractivity contribution in [3.05, 3.63) is 34.6 Å². The van der Waals surface area contributed by atoms with Gasteiger partial charge in [-0.25, -0.2) is 13.2 Å². The molecule has 1 rings (SSSR count). The van der Waals surface area contributed by atoms with E-state index in [-0.39, 0.29) is 16.7 Å². The molecule has 0 aliphatic carbocycles. The fourth-order valence-corrected chi connectivity index (χ4v) is 1.30. The quantitative estimate of drug-likeness (QED) is 0.785. The van der Waals surface area contributed by atoms with Crippen LogP contribution in [0.15, 0.2) is 12.1 Å². The molecular weight excluding hydrogens is 193 g/mol. The van der Waals surface area contributed by atoms with Crippen LogP contribution in [0.5, 0.6) is 0 Å². The monoisotopic (exact) mass is 204 g/mol. The maximum atomic E-state index is 13.1. The number of aliphatic hydroxyl groups excluding tert-OH is 1. The third-order valence-corrected chi connectivity index (χ3v) is 2.04. The van der Waals surface area contributed by atoms with E-state index in [9.17, 15) is 13.2 Å². The molecule has 0 saturated carbocycles. The molecule has 78 valence electrons. The van der Waals surface area contributed by atoms with Gasteiger partial charge in [0.15, 0.2) is 0 Å². The summed E-state index contributed by atoms with van der Waals surface area (Å²) in [5, 5.41) is 9.07. The van der Waals surface area contributed by atoms with Crippen LogP contribution in [0.3, 0.4) is 0 Å². The Morgan fingerprint density at radius 1 is 1.14 bits per heavy atom. The molecule has 0 aliphatic heterocycles. The third kappa shape index (κ3) is 2.07. The highest BCUT2D eigenvalue weighted by molar-refractivity contribution is 5.31. The second-order valence-electron chi connectivity index (χ2n) is 3.25. The van der Waals surface area contributed by atoms with Crippen molar-refractivity contribution < 1.29 is 18.3 Å². The smallest absolute Gasteiger partial charge is 0.268 e. The summed E-state index contributed by atoms with van der Waals surface area (Å²) >= 11 is 0. The minimum absolute atomic E-state index is 0.0522. The Labute approximate surface area is 80.2 Å². The minimum Gasteiger partial charge on any atom is -0.382 e. The minimum atomic E-state index is -2.85. The molecule has 0 heterocycles. The summed E-state index contributed by atoms with van der Waals surface area (Å²) < 4.78 is 37.4. The van der Waals surface area contributed by atoms with Gasteiger partial charge in [0.1, 0.15) is 11.9 Å². The number of alkyl halides is 2. The largest absolute Gasteiger partial charge is 0.382 e. The molecule has 0 amide bonds. The highest BCUT2D eigenvalue weighted by atomic mass is 19.3. The Bertz CT molecular complexity index is 313. The number of rotatable bonds is 2. The number of hydrogen-bond donors (Lipinski definition) is 1. The van der Waals surface area contributed by atoms with Crippen LogP contribution in [-0.4, -0.2) is 11.5 Å². The standard InChI is InChI=1S/C10H11F3O/c1-5-3-7(9(14)10(12)13)4-6(2)8(5)11/h3-4,9-10,14H,1-2H3. The summed E-state index contributed by atoms with van der Waals surface area (Å²) in [5.74, 6) is -0.421. The number of hydrogen-bond acceptors (Lipinski definition) is 1. The van der Waals surface area contributed by atoms with Crippen molar-refractivity contribution in [2.45, 2.75) is 26.4 Å². The molecule has 0 aromatic heterocycles. The average Bonchev–Trinajstić information content (AvgIpc) is 2.12. The van der Waals surface area contributed by atoms with Crippen molar-refractivity contribution in [3.63, 3.8) is 0 Å². The molecule has 1 aromatic rings. The van der Waals surface area contributed by atoms with Crippen LogP contribution in [-0.2, 0) is 0 Å². The van der Waals surface area contributed by atoms with Gasteiger partial charge in [-0.1, -0.05) is 12.1 Å². The van der Waals surface area contributed by atoms with Gasteiger partial charge in [-0.15, -0.1) is 0 Å². The fourth-order valence-electron chi connectivity index (χ4n) is 1.30. The summed E-state index contributed by atoms with van der Waals surface area (Å²) in [6.07, 6.45) is -4.69. The zero-order valence-corrected chi connectivity index (χ0v) is 7.89. The molecule has 4 heteroatoms. The first-order valence-electron chi connectivity index (χ1n) is 4.16. The molecule has 1 aromatic carbocycles. The van der Waals surface area contributed by atoms with E-state index in [0.29, 0.717) is 0 Å². The van der Waals surface area contributed by atoms with Crippen LogP contribution in [0.2, 0.25) is 0 Å². The van der Waals surface area contributed by atoms with Crippen molar-refractivity contribution in [1.82, 2.24) is 0 Å². The summed E-state index contributed by atoms with van der Waals surface area (Å²) in [4.78, 5) is 0. The molecule has 0 spiro atoms. The van der Waals surface area contributed by atoms with E-state index < -0.39 is 18.3 Å². The van der Waals surface area contributed by atoms with E-state index in [1.165, 1.54) is 26.0 Å². The van der Waals surface area contributed by atoms with Gasteiger partial charge < -0.3 is 5.11 Å². The molecule has 1 atom stereocenters. The number of benzene rings is 1. The van der Waals surface area contributed by atoms with Crippen molar-refractivity contribution in [2.24, 2.45) is 0 Å². The molecular formula is C10H11F3O. The lowest BCUT2D eigenvalue weighted by Crippen LogP contribution is -2.09. The van der Waals surface area contributed by atoms with Crippen molar-refractivity contribution in [1.29, 1.82) is 0 Å².